The number of anilines is 1. The Morgan fingerprint density at radius 1 is 1.00 bits per heavy atom. The molecule has 0 saturated carbocycles. The van der Waals surface area contributed by atoms with Crippen molar-refractivity contribution >= 4 is 97.4 Å². The highest BCUT2D eigenvalue weighted by atomic mass is 127. The Balaban J connectivity index is 1.52. The molecule has 4 rings (SSSR count). The molecule has 5 nitrogen and oxygen atoms in total. The molecular weight excluding hydrogens is 592 g/mol. The monoisotopic (exact) mass is 601 g/mol. The summed E-state index contributed by atoms with van der Waals surface area (Å²) in [5.74, 6) is -0.0507. The Labute approximate surface area is 211 Å². The number of carbonyl (C=O) groups is 1. The summed E-state index contributed by atoms with van der Waals surface area (Å²) in [7, 11) is 0. The average molecular weight is 603 g/mol. The van der Waals surface area contributed by atoms with Crippen molar-refractivity contribution in [3.63, 3.8) is 0 Å². The third kappa shape index (κ3) is 5.12. The maximum Gasteiger partial charge on any atom is 0.258 e. The summed E-state index contributed by atoms with van der Waals surface area (Å²) >= 11 is 25.7. The van der Waals surface area contributed by atoms with Gasteiger partial charge in [0.1, 0.15) is 5.52 Å². The van der Waals surface area contributed by atoms with Crippen LogP contribution in [-0.2, 0) is 0 Å². The summed E-state index contributed by atoms with van der Waals surface area (Å²) in [6.07, 6.45) is 0. The Morgan fingerprint density at radius 3 is 2.58 bits per heavy atom. The van der Waals surface area contributed by atoms with Crippen molar-refractivity contribution < 1.29 is 9.21 Å². The number of amides is 1. The van der Waals surface area contributed by atoms with Crippen LogP contribution in [0.4, 0.5) is 5.69 Å². The van der Waals surface area contributed by atoms with Gasteiger partial charge in [-0.15, -0.1) is 0 Å². The van der Waals surface area contributed by atoms with Gasteiger partial charge in [-0.3, -0.25) is 10.1 Å². The van der Waals surface area contributed by atoms with Crippen LogP contribution in [0.2, 0.25) is 15.1 Å². The van der Waals surface area contributed by atoms with Crippen LogP contribution in [0, 0.1) is 3.57 Å². The Hall–Kier alpha value is -1.91. The fraction of sp³-hybridized carbons (Fsp3) is 0. The molecule has 0 aliphatic rings. The van der Waals surface area contributed by atoms with Crippen molar-refractivity contribution in [1.82, 2.24) is 10.3 Å². The van der Waals surface area contributed by atoms with Crippen LogP contribution in [0.15, 0.2) is 59.0 Å². The molecule has 0 aliphatic carbocycles. The molecule has 0 bridgehead atoms. The molecule has 3 aromatic carbocycles. The second kappa shape index (κ2) is 9.30. The lowest BCUT2D eigenvalue weighted by Gasteiger charge is -2.10. The minimum Gasteiger partial charge on any atom is -0.436 e. The van der Waals surface area contributed by atoms with E-state index >= 15 is 0 Å². The van der Waals surface area contributed by atoms with Crippen molar-refractivity contribution in [3.05, 3.63) is 78.8 Å². The number of hydrogen-bond donors (Lipinski definition) is 2. The van der Waals surface area contributed by atoms with E-state index in [0.717, 1.165) is 3.57 Å². The van der Waals surface area contributed by atoms with Crippen LogP contribution in [-0.4, -0.2) is 16.0 Å². The fourth-order valence-electron chi connectivity index (χ4n) is 2.79. The van der Waals surface area contributed by atoms with Crippen molar-refractivity contribution in [2.45, 2.75) is 0 Å². The lowest BCUT2D eigenvalue weighted by atomic mass is 10.2. The molecule has 1 amide bonds. The molecule has 0 atom stereocenters. The van der Waals surface area contributed by atoms with Crippen molar-refractivity contribution in [2.75, 3.05) is 5.32 Å². The highest BCUT2D eigenvalue weighted by molar-refractivity contribution is 14.1. The van der Waals surface area contributed by atoms with Crippen molar-refractivity contribution in [2.24, 2.45) is 0 Å². The van der Waals surface area contributed by atoms with Gasteiger partial charge in [0, 0.05) is 14.3 Å². The zero-order valence-electron chi connectivity index (χ0n) is 15.4. The first-order valence-corrected chi connectivity index (χ1v) is 11.4. The molecule has 2 N–H and O–H groups in total. The standard InChI is InChI=1S/C21H11Cl3IN3O2S/c22-10-1-4-15(23)13(7-10)19(29)28-21(31)26-12-3-6-18-17(9-12)27-20(30-18)14-8-11(25)2-5-16(14)24/h1-9H,(H2,26,28,29,31). The topological polar surface area (TPSA) is 67.2 Å². The molecule has 31 heavy (non-hydrogen) atoms. The van der Waals surface area contributed by atoms with Gasteiger partial charge in [-0.2, -0.15) is 0 Å². The van der Waals surface area contributed by atoms with E-state index in [1.807, 2.05) is 12.1 Å². The van der Waals surface area contributed by atoms with E-state index in [-0.39, 0.29) is 15.7 Å². The second-order valence-electron chi connectivity index (χ2n) is 6.36. The minimum absolute atomic E-state index is 0.102. The van der Waals surface area contributed by atoms with Gasteiger partial charge in [-0.1, -0.05) is 34.8 Å². The van der Waals surface area contributed by atoms with Gasteiger partial charge in [0.15, 0.2) is 10.7 Å². The smallest absolute Gasteiger partial charge is 0.258 e. The van der Waals surface area contributed by atoms with E-state index in [9.17, 15) is 4.79 Å². The van der Waals surface area contributed by atoms with Crippen molar-refractivity contribution in [1.29, 1.82) is 0 Å². The zero-order valence-corrected chi connectivity index (χ0v) is 20.6. The highest BCUT2D eigenvalue weighted by Crippen LogP contribution is 2.32. The number of hydrogen-bond acceptors (Lipinski definition) is 4. The molecule has 10 heteroatoms. The quantitative estimate of drug-likeness (QED) is 0.192. The van der Waals surface area contributed by atoms with Crippen LogP contribution in [0.25, 0.3) is 22.6 Å². The second-order valence-corrected chi connectivity index (χ2v) is 9.26. The minimum atomic E-state index is -0.469. The average Bonchev–Trinajstić information content (AvgIpc) is 3.14. The molecule has 0 unspecified atom stereocenters. The van der Waals surface area contributed by atoms with Gasteiger partial charge in [0.2, 0.25) is 5.89 Å². The van der Waals surface area contributed by atoms with Crippen LogP contribution >= 0.6 is 69.6 Å². The Bertz CT molecular complexity index is 1340. The van der Waals surface area contributed by atoms with E-state index in [0.29, 0.717) is 38.3 Å². The summed E-state index contributed by atoms with van der Waals surface area (Å²) in [6.45, 7) is 0. The van der Waals surface area contributed by atoms with Gasteiger partial charge in [0.25, 0.3) is 5.91 Å². The maximum atomic E-state index is 12.4. The van der Waals surface area contributed by atoms with Crippen LogP contribution < -0.4 is 10.6 Å². The number of halogens is 4. The first kappa shape index (κ1) is 22.3. The predicted octanol–water partition coefficient (Wildman–Crippen LogP) is 7.19. The summed E-state index contributed by atoms with van der Waals surface area (Å²) in [6, 6.07) is 15.5. The Morgan fingerprint density at radius 2 is 1.77 bits per heavy atom. The number of nitrogens with one attached hydrogen (secondary N) is 2. The van der Waals surface area contributed by atoms with E-state index < -0.39 is 5.91 Å². The zero-order chi connectivity index (χ0) is 22.1. The normalized spacial score (nSPS) is 10.8. The van der Waals surface area contributed by atoms with Gasteiger partial charge in [-0.05, 0) is 89.4 Å². The third-order valence-electron chi connectivity index (χ3n) is 4.20. The number of benzene rings is 3. The summed E-state index contributed by atoms with van der Waals surface area (Å²) in [5.41, 5.74) is 2.77. The SMILES string of the molecule is O=C(NC(=S)Nc1ccc2oc(-c3cc(I)ccc3Cl)nc2c1)c1cc(Cl)ccc1Cl. The molecule has 156 valence electrons. The van der Waals surface area contributed by atoms with Crippen molar-refractivity contribution in [3.8, 4) is 11.5 Å². The number of oxazole rings is 1. The molecule has 4 aromatic rings. The lowest BCUT2D eigenvalue weighted by Crippen LogP contribution is -2.34. The predicted molar refractivity (Wildman–Crippen MR) is 137 cm³/mol. The summed E-state index contributed by atoms with van der Waals surface area (Å²) < 4.78 is 6.86. The number of rotatable bonds is 3. The molecule has 0 saturated heterocycles. The molecule has 0 spiro atoms. The molecule has 0 fully saturated rings. The number of thiocarbonyl (C=S) groups is 1. The van der Waals surface area contributed by atoms with Crippen LogP contribution in [0.3, 0.4) is 0 Å². The number of nitrogens with zero attached hydrogens (tertiary/aromatic N) is 1. The van der Waals surface area contributed by atoms with Gasteiger partial charge >= 0.3 is 0 Å². The van der Waals surface area contributed by atoms with Gasteiger partial charge in [-0.25, -0.2) is 4.98 Å². The van der Waals surface area contributed by atoms with Gasteiger partial charge < -0.3 is 9.73 Å². The summed E-state index contributed by atoms with van der Waals surface area (Å²) in [4.78, 5) is 17.0. The fourth-order valence-corrected chi connectivity index (χ4v) is 4.06. The summed E-state index contributed by atoms with van der Waals surface area (Å²) in [5, 5.41) is 6.86. The van der Waals surface area contributed by atoms with E-state index in [2.05, 4.69) is 38.2 Å². The molecule has 0 radical (unpaired) electrons. The third-order valence-corrected chi connectivity index (χ3v) is 5.97. The molecular formula is C21H11Cl3IN3O2S. The number of carbonyl (C=O) groups excluding carboxylic acids is 1. The van der Waals surface area contributed by atoms with E-state index in [4.69, 9.17) is 51.4 Å². The molecule has 1 aromatic heterocycles. The Kier molecular flexibility index (Phi) is 6.68. The highest BCUT2D eigenvalue weighted by Gasteiger charge is 2.15. The first-order valence-electron chi connectivity index (χ1n) is 8.73. The first-order chi connectivity index (χ1) is 14.8. The van der Waals surface area contributed by atoms with Gasteiger partial charge in [0.05, 0.1) is 21.2 Å². The van der Waals surface area contributed by atoms with Crippen LogP contribution in [0.1, 0.15) is 10.4 Å². The molecule has 0 aliphatic heterocycles. The largest absolute Gasteiger partial charge is 0.436 e. The number of fused-ring (bicyclic) bond motifs is 1. The molecule has 1 heterocycles. The van der Waals surface area contributed by atoms with E-state index in [1.54, 1.807) is 36.4 Å². The van der Waals surface area contributed by atoms with Crippen LogP contribution in [0.5, 0.6) is 0 Å². The number of aromatic nitrogens is 1. The lowest BCUT2D eigenvalue weighted by molar-refractivity contribution is 0.0978. The van der Waals surface area contributed by atoms with E-state index in [1.165, 1.54) is 6.07 Å². The maximum absolute atomic E-state index is 12.4.